The van der Waals surface area contributed by atoms with E-state index in [0.29, 0.717) is 10.7 Å². The molecule has 2 heterocycles. The molecule has 7 heteroatoms. The van der Waals surface area contributed by atoms with E-state index in [-0.39, 0.29) is 18.0 Å². The predicted octanol–water partition coefficient (Wildman–Crippen LogP) is 3.01. The number of pyridine rings is 1. The summed E-state index contributed by atoms with van der Waals surface area (Å²) < 4.78 is 5.16. The third kappa shape index (κ3) is 4.61. The molecule has 1 saturated heterocycles. The lowest BCUT2D eigenvalue weighted by atomic mass is 9.90. The van der Waals surface area contributed by atoms with E-state index in [1.807, 2.05) is 12.1 Å². The second-order valence-electron chi connectivity index (χ2n) is 5.93. The summed E-state index contributed by atoms with van der Waals surface area (Å²) in [4.78, 5) is 16.8. The number of nitrogens with one attached hydrogen (secondary N) is 3. The van der Waals surface area contributed by atoms with Gasteiger partial charge in [-0.1, -0.05) is 11.6 Å². The molecule has 1 aliphatic rings. The summed E-state index contributed by atoms with van der Waals surface area (Å²) in [5.74, 6) is 0.827. The number of carbonyl (C=O) groups is 1. The number of urea groups is 1. The lowest BCUT2D eigenvalue weighted by Gasteiger charge is -2.32. The molecule has 1 fully saturated rings. The first-order valence-corrected chi connectivity index (χ1v) is 8.57. The molecule has 0 spiro atoms. The van der Waals surface area contributed by atoms with Crippen LogP contribution in [0.15, 0.2) is 42.6 Å². The number of piperidine rings is 1. The molecule has 3 rings (SSSR count). The molecule has 0 bridgehead atoms. The van der Waals surface area contributed by atoms with Gasteiger partial charge in [-0.25, -0.2) is 4.79 Å². The van der Waals surface area contributed by atoms with E-state index in [1.54, 1.807) is 37.6 Å². The van der Waals surface area contributed by atoms with Gasteiger partial charge in [0.1, 0.15) is 5.75 Å². The minimum atomic E-state index is -0.229. The number of methoxy groups -OCH3 is 1. The van der Waals surface area contributed by atoms with Crippen molar-refractivity contribution < 1.29 is 9.53 Å². The van der Waals surface area contributed by atoms with Crippen LogP contribution < -0.4 is 20.7 Å². The monoisotopic (exact) mass is 360 g/mol. The van der Waals surface area contributed by atoms with Crippen molar-refractivity contribution in [2.75, 3.05) is 25.5 Å². The molecule has 25 heavy (non-hydrogen) atoms. The van der Waals surface area contributed by atoms with Crippen molar-refractivity contribution in [3.8, 4) is 5.75 Å². The normalized spacial score (nSPS) is 19.9. The lowest BCUT2D eigenvalue weighted by Crippen LogP contribution is -2.49. The van der Waals surface area contributed by atoms with E-state index in [1.165, 1.54) is 0 Å². The summed E-state index contributed by atoms with van der Waals surface area (Å²) in [5.41, 5.74) is 1.64. The average Bonchev–Trinajstić information content (AvgIpc) is 2.64. The van der Waals surface area contributed by atoms with Crippen molar-refractivity contribution >= 4 is 23.3 Å². The summed E-state index contributed by atoms with van der Waals surface area (Å²) in [5, 5.41) is 9.90. The molecule has 2 atom stereocenters. The smallest absolute Gasteiger partial charge is 0.319 e. The molecule has 0 unspecified atom stereocenters. The number of rotatable bonds is 4. The average molecular weight is 361 g/mol. The molecule has 2 aromatic rings. The van der Waals surface area contributed by atoms with Crippen molar-refractivity contribution in [3.05, 3.63) is 53.3 Å². The maximum atomic E-state index is 12.3. The molecule has 1 aromatic heterocycles. The fourth-order valence-electron chi connectivity index (χ4n) is 2.94. The molecule has 1 aromatic carbocycles. The van der Waals surface area contributed by atoms with Gasteiger partial charge in [0.25, 0.3) is 0 Å². The van der Waals surface area contributed by atoms with Gasteiger partial charge in [-0.3, -0.25) is 4.98 Å². The number of ether oxygens (including phenoxy) is 1. The number of benzene rings is 1. The van der Waals surface area contributed by atoms with E-state index < -0.39 is 0 Å². The van der Waals surface area contributed by atoms with Gasteiger partial charge < -0.3 is 20.7 Å². The Morgan fingerprint density at radius 2 is 2.08 bits per heavy atom. The summed E-state index contributed by atoms with van der Waals surface area (Å²) in [6.45, 7) is 1.63. The van der Waals surface area contributed by atoms with Crippen LogP contribution in [-0.4, -0.2) is 37.3 Å². The molecular weight excluding hydrogens is 340 g/mol. The highest BCUT2D eigenvalue weighted by atomic mass is 35.5. The number of carbonyl (C=O) groups excluding carboxylic acids is 1. The van der Waals surface area contributed by atoms with Crippen LogP contribution in [0.1, 0.15) is 18.0 Å². The topological polar surface area (TPSA) is 75.3 Å². The fourth-order valence-corrected chi connectivity index (χ4v) is 3.07. The van der Waals surface area contributed by atoms with Gasteiger partial charge in [0.05, 0.1) is 13.3 Å². The first kappa shape index (κ1) is 17.5. The number of hydrogen-bond donors (Lipinski definition) is 3. The molecule has 0 saturated carbocycles. The standard InChI is InChI=1S/C18H21ClN4O2/c1-25-14-6-7-16(21-10-14)15-11-20-9-8-17(15)23-18(24)22-13-4-2-12(19)3-5-13/h2-7,10,15,17,20H,8-9,11H2,1H3,(H2,22,23,24)/t15-,17+/m0/s1. The maximum absolute atomic E-state index is 12.3. The minimum Gasteiger partial charge on any atom is -0.495 e. The highest BCUT2D eigenvalue weighted by molar-refractivity contribution is 6.30. The number of amides is 2. The van der Waals surface area contributed by atoms with Gasteiger partial charge in [-0.2, -0.15) is 0 Å². The van der Waals surface area contributed by atoms with Crippen molar-refractivity contribution in [3.63, 3.8) is 0 Å². The third-order valence-corrected chi connectivity index (χ3v) is 4.53. The van der Waals surface area contributed by atoms with Crippen molar-refractivity contribution in [1.82, 2.24) is 15.6 Å². The summed E-state index contributed by atoms with van der Waals surface area (Å²) in [6.07, 6.45) is 2.54. The Hall–Kier alpha value is -2.31. The Morgan fingerprint density at radius 1 is 1.28 bits per heavy atom. The van der Waals surface area contributed by atoms with Gasteiger partial charge in [0.15, 0.2) is 0 Å². The Balaban J connectivity index is 1.65. The Morgan fingerprint density at radius 3 is 2.76 bits per heavy atom. The van der Waals surface area contributed by atoms with E-state index in [9.17, 15) is 4.79 Å². The zero-order valence-electron chi connectivity index (χ0n) is 14.0. The molecule has 1 aliphatic heterocycles. The third-order valence-electron chi connectivity index (χ3n) is 4.28. The van der Waals surface area contributed by atoms with Crippen LogP contribution in [0.5, 0.6) is 5.75 Å². The number of halogens is 1. The largest absolute Gasteiger partial charge is 0.495 e. The Kier molecular flexibility index (Phi) is 5.73. The lowest BCUT2D eigenvalue weighted by molar-refractivity contribution is 0.241. The van der Waals surface area contributed by atoms with Gasteiger partial charge in [-0.15, -0.1) is 0 Å². The van der Waals surface area contributed by atoms with Crippen molar-refractivity contribution in [1.29, 1.82) is 0 Å². The summed E-state index contributed by atoms with van der Waals surface area (Å²) in [6, 6.07) is 10.6. The van der Waals surface area contributed by atoms with Crippen LogP contribution in [0.25, 0.3) is 0 Å². The van der Waals surface area contributed by atoms with Gasteiger partial charge in [0, 0.05) is 34.9 Å². The minimum absolute atomic E-state index is 0.00875. The van der Waals surface area contributed by atoms with E-state index in [2.05, 4.69) is 20.9 Å². The van der Waals surface area contributed by atoms with Crippen LogP contribution in [0.3, 0.4) is 0 Å². The summed E-state index contributed by atoms with van der Waals surface area (Å²) in [7, 11) is 1.62. The molecule has 132 valence electrons. The molecule has 6 nitrogen and oxygen atoms in total. The van der Waals surface area contributed by atoms with Crippen LogP contribution in [-0.2, 0) is 0 Å². The molecular formula is C18H21ClN4O2. The first-order chi connectivity index (χ1) is 12.2. The summed E-state index contributed by atoms with van der Waals surface area (Å²) >= 11 is 5.86. The second-order valence-corrected chi connectivity index (χ2v) is 6.37. The highest BCUT2D eigenvalue weighted by Crippen LogP contribution is 2.24. The number of anilines is 1. The van der Waals surface area contributed by atoms with E-state index in [4.69, 9.17) is 16.3 Å². The van der Waals surface area contributed by atoms with Crippen molar-refractivity contribution in [2.24, 2.45) is 0 Å². The first-order valence-electron chi connectivity index (χ1n) is 8.19. The molecule has 2 amide bonds. The predicted molar refractivity (Wildman–Crippen MR) is 98.4 cm³/mol. The van der Waals surface area contributed by atoms with Crippen molar-refractivity contribution in [2.45, 2.75) is 18.4 Å². The van der Waals surface area contributed by atoms with E-state index >= 15 is 0 Å². The van der Waals surface area contributed by atoms with Gasteiger partial charge >= 0.3 is 6.03 Å². The van der Waals surface area contributed by atoms with Crippen LogP contribution in [0.2, 0.25) is 5.02 Å². The zero-order chi connectivity index (χ0) is 17.6. The fraction of sp³-hybridized carbons (Fsp3) is 0.333. The van der Waals surface area contributed by atoms with Crippen LogP contribution >= 0.6 is 11.6 Å². The SMILES string of the molecule is COc1ccc([C@@H]2CNCC[C@H]2NC(=O)Nc2ccc(Cl)cc2)nc1. The van der Waals surface area contributed by atoms with Gasteiger partial charge in [-0.05, 0) is 49.4 Å². The quantitative estimate of drug-likeness (QED) is 0.783. The zero-order valence-corrected chi connectivity index (χ0v) is 14.7. The molecule has 0 aliphatic carbocycles. The maximum Gasteiger partial charge on any atom is 0.319 e. The van der Waals surface area contributed by atoms with Crippen LogP contribution in [0.4, 0.5) is 10.5 Å². The highest BCUT2D eigenvalue weighted by Gasteiger charge is 2.28. The van der Waals surface area contributed by atoms with Gasteiger partial charge in [0.2, 0.25) is 0 Å². The number of aromatic nitrogens is 1. The number of hydrogen-bond acceptors (Lipinski definition) is 4. The second kappa shape index (κ2) is 8.18. The number of nitrogens with zero attached hydrogens (tertiary/aromatic N) is 1. The Bertz CT molecular complexity index is 706. The van der Waals surface area contributed by atoms with Crippen LogP contribution in [0, 0.1) is 0 Å². The van der Waals surface area contributed by atoms with E-state index in [0.717, 1.165) is 31.0 Å². The molecule has 0 radical (unpaired) electrons. The Labute approximate surface area is 151 Å². The molecule has 3 N–H and O–H groups in total.